The highest BCUT2D eigenvalue weighted by atomic mass is 32.1. The minimum Gasteiger partial charge on any atom is -0.385 e. The van der Waals surface area contributed by atoms with Gasteiger partial charge in [-0.05, 0) is 26.3 Å². The molecule has 0 radical (unpaired) electrons. The van der Waals surface area contributed by atoms with Crippen LogP contribution < -0.4 is 5.32 Å². The number of thiophene rings is 1. The van der Waals surface area contributed by atoms with Crippen LogP contribution in [0.5, 0.6) is 0 Å². The van der Waals surface area contributed by atoms with E-state index >= 15 is 0 Å². The third-order valence-corrected chi connectivity index (χ3v) is 3.39. The van der Waals surface area contributed by atoms with E-state index in [4.69, 9.17) is 4.74 Å². The van der Waals surface area contributed by atoms with E-state index in [9.17, 15) is 0 Å². The second kappa shape index (κ2) is 5.42. The van der Waals surface area contributed by atoms with Crippen molar-refractivity contribution in [2.45, 2.75) is 20.3 Å². The summed E-state index contributed by atoms with van der Waals surface area (Å²) in [4.78, 5) is 11.2. The van der Waals surface area contributed by atoms with E-state index in [1.54, 1.807) is 18.4 Å². The number of aromatic nitrogens is 2. The molecule has 0 fully saturated rings. The van der Waals surface area contributed by atoms with Crippen LogP contribution in [0, 0.1) is 13.8 Å². The Kier molecular flexibility index (Phi) is 3.91. The zero-order valence-electron chi connectivity index (χ0n) is 10.4. The molecule has 0 saturated heterocycles. The highest BCUT2D eigenvalue weighted by molar-refractivity contribution is 7.18. The van der Waals surface area contributed by atoms with Crippen LogP contribution in [0.25, 0.3) is 10.2 Å². The average molecular weight is 251 g/mol. The molecule has 2 aromatic rings. The zero-order valence-corrected chi connectivity index (χ0v) is 11.2. The van der Waals surface area contributed by atoms with Crippen LogP contribution in [0.3, 0.4) is 0 Å². The molecular weight excluding hydrogens is 234 g/mol. The maximum absolute atomic E-state index is 5.02. The molecule has 0 aliphatic heterocycles. The summed E-state index contributed by atoms with van der Waals surface area (Å²) in [6, 6.07) is 2.14. The standard InChI is InChI=1S/C12H17N3OS/c1-8-7-10-11(13-5-4-6-16-3)14-9(2)15-12(10)17-8/h7H,4-6H2,1-3H3,(H,13,14,15). The molecule has 0 unspecified atom stereocenters. The molecule has 0 amide bonds. The van der Waals surface area contributed by atoms with Gasteiger partial charge in [-0.1, -0.05) is 0 Å². The summed E-state index contributed by atoms with van der Waals surface area (Å²) in [5.74, 6) is 1.75. The van der Waals surface area contributed by atoms with Crippen molar-refractivity contribution in [1.29, 1.82) is 0 Å². The fraction of sp³-hybridized carbons (Fsp3) is 0.500. The van der Waals surface area contributed by atoms with Crippen molar-refractivity contribution in [3.8, 4) is 0 Å². The second-order valence-electron chi connectivity index (χ2n) is 3.97. The first-order chi connectivity index (χ1) is 8.20. The van der Waals surface area contributed by atoms with Gasteiger partial charge in [-0.15, -0.1) is 11.3 Å². The summed E-state index contributed by atoms with van der Waals surface area (Å²) in [6.45, 7) is 5.66. The maximum atomic E-state index is 5.02. The van der Waals surface area contributed by atoms with E-state index in [2.05, 4.69) is 28.3 Å². The summed E-state index contributed by atoms with van der Waals surface area (Å²) in [5.41, 5.74) is 0. The lowest BCUT2D eigenvalue weighted by Gasteiger charge is -2.06. The van der Waals surface area contributed by atoms with Crippen LogP contribution in [-0.2, 0) is 4.74 Å². The minimum absolute atomic E-state index is 0.767. The SMILES string of the molecule is COCCCNc1nc(C)nc2sc(C)cc12. The van der Waals surface area contributed by atoms with E-state index in [0.717, 1.165) is 41.4 Å². The van der Waals surface area contributed by atoms with Gasteiger partial charge in [0.1, 0.15) is 16.5 Å². The first-order valence-electron chi connectivity index (χ1n) is 5.68. The predicted octanol–water partition coefficient (Wildman–Crippen LogP) is 2.76. The molecule has 4 nitrogen and oxygen atoms in total. The Morgan fingerprint density at radius 3 is 2.94 bits per heavy atom. The Balaban J connectivity index is 2.19. The largest absolute Gasteiger partial charge is 0.385 e. The quantitative estimate of drug-likeness (QED) is 0.830. The number of aryl methyl sites for hydroxylation is 2. The molecule has 5 heteroatoms. The molecule has 0 aromatic carbocycles. The summed E-state index contributed by atoms with van der Waals surface area (Å²) in [6.07, 6.45) is 0.976. The van der Waals surface area contributed by atoms with Crippen molar-refractivity contribution in [2.75, 3.05) is 25.6 Å². The van der Waals surface area contributed by atoms with E-state index < -0.39 is 0 Å². The van der Waals surface area contributed by atoms with Crippen LogP contribution in [0.1, 0.15) is 17.1 Å². The second-order valence-corrected chi connectivity index (χ2v) is 5.20. The number of nitrogens with zero attached hydrogens (tertiary/aromatic N) is 2. The number of hydrogen-bond donors (Lipinski definition) is 1. The number of ether oxygens (including phenoxy) is 1. The van der Waals surface area contributed by atoms with Crippen molar-refractivity contribution in [2.24, 2.45) is 0 Å². The fourth-order valence-electron chi connectivity index (χ4n) is 1.71. The molecular formula is C12H17N3OS. The van der Waals surface area contributed by atoms with Crippen LogP contribution >= 0.6 is 11.3 Å². The number of rotatable bonds is 5. The van der Waals surface area contributed by atoms with Gasteiger partial charge in [0.15, 0.2) is 0 Å². The van der Waals surface area contributed by atoms with E-state index in [1.165, 1.54) is 4.88 Å². The van der Waals surface area contributed by atoms with Gasteiger partial charge in [0.05, 0.1) is 5.39 Å². The molecule has 0 bridgehead atoms. The van der Waals surface area contributed by atoms with Gasteiger partial charge in [-0.3, -0.25) is 0 Å². The molecule has 2 rings (SSSR count). The third-order valence-electron chi connectivity index (χ3n) is 2.45. The highest BCUT2D eigenvalue weighted by Gasteiger charge is 2.08. The third kappa shape index (κ3) is 2.92. The number of nitrogens with one attached hydrogen (secondary N) is 1. The zero-order chi connectivity index (χ0) is 12.3. The topological polar surface area (TPSA) is 47.0 Å². The van der Waals surface area contributed by atoms with E-state index in [0.29, 0.717) is 0 Å². The smallest absolute Gasteiger partial charge is 0.138 e. The Bertz CT molecular complexity index is 510. The molecule has 2 aromatic heterocycles. The molecule has 2 heterocycles. The summed E-state index contributed by atoms with van der Waals surface area (Å²) in [7, 11) is 1.72. The molecule has 92 valence electrons. The van der Waals surface area contributed by atoms with Crippen LogP contribution in [0.4, 0.5) is 5.82 Å². The van der Waals surface area contributed by atoms with Gasteiger partial charge < -0.3 is 10.1 Å². The first-order valence-corrected chi connectivity index (χ1v) is 6.50. The predicted molar refractivity (Wildman–Crippen MR) is 71.9 cm³/mol. The van der Waals surface area contributed by atoms with E-state index in [-0.39, 0.29) is 0 Å². The Labute approximate surface area is 105 Å². The van der Waals surface area contributed by atoms with Gasteiger partial charge in [-0.2, -0.15) is 0 Å². The van der Waals surface area contributed by atoms with Crippen LogP contribution in [-0.4, -0.2) is 30.2 Å². The molecule has 17 heavy (non-hydrogen) atoms. The Hall–Kier alpha value is -1.20. The molecule has 0 spiro atoms. The van der Waals surface area contributed by atoms with Gasteiger partial charge in [-0.25, -0.2) is 9.97 Å². The maximum Gasteiger partial charge on any atom is 0.138 e. The first kappa shape index (κ1) is 12.3. The number of anilines is 1. The lowest BCUT2D eigenvalue weighted by Crippen LogP contribution is -2.07. The normalized spacial score (nSPS) is 11.0. The monoisotopic (exact) mass is 251 g/mol. The van der Waals surface area contributed by atoms with Crippen molar-refractivity contribution in [3.63, 3.8) is 0 Å². The fourth-order valence-corrected chi connectivity index (χ4v) is 2.63. The summed E-state index contributed by atoms with van der Waals surface area (Å²) < 4.78 is 5.02. The molecule has 0 saturated carbocycles. The van der Waals surface area contributed by atoms with Gasteiger partial charge in [0.2, 0.25) is 0 Å². The molecule has 1 N–H and O–H groups in total. The van der Waals surface area contributed by atoms with Crippen molar-refractivity contribution < 1.29 is 4.74 Å². The van der Waals surface area contributed by atoms with Crippen molar-refractivity contribution >= 4 is 27.4 Å². The lowest BCUT2D eigenvalue weighted by molar-refractivity contribution is 0.198. The average Bonchev–Trinajstić information content (AvgIpc) is 2.64. The highest BCUT2D eigenvalue weighted by Crippen LogP contribution is 2.28. The minimum atomic E-state index is 0.767. The molecule has 0 aliphatic rings. The van der Waals surface area contributed by atoms with Crippen molar-refractivity contribution in [3.05, 3.63) is 16.8 Å². The van der Waals surface area contributed by atoms with Crippen LogP contribution in [0.2, 0.25) is 0 Å². The lowest BCUT2D eigenvalue weighted by atomic mass is 10.3. The number of hydrogen-bond acceptors (Lipinski definition) is 5. The van der Waals surface area contributed by atoms with E-state index in [1.807, 2.05) is 6.92 Å². The van der Waals surface area contributed by atoms with Crippen LogP contribution in [0.15, 0.2) is 6.07 Å². The summed E-state index contributed by atoms with van der Waals surface area (Å²) in [5, 5.41) is 4.47. The molecule has 0 atom stereocenters. The van der Waals surface area contributed by atoms with Gasteiger partial charge in [0.25, 0.3) is 0 Å². The number of methoxy groups -OCH3 is 1. The van der Waals surface area contributed by atoms with Gasteiger partial charge in [0, 0.05) is 25.1 Å². The Morgan fingerprint density at radius 2 is 2.18 bits per heavy atom. The Morgan fingerprint density at radius 1 is 1.35 bits per heavy atom. The molecule has 0 aliphatic carbocycles. The summed E-state index contributed by atoms with van der Waals surface area (Å²) >= 11 is 1.71. The number of fused-ring (bicyclic) bond motifs is 1. The van der Waals surface area contributed by atoms with Gasteiger partial charge >= 0.3 is 0 Å². The van der Waals surface area contributed by atoms with Crippen molar-refractivity contribution in [1.82, 2.24) is 9.97 Å².